The van der Waals surface area contributed by atoms with Crippen LogP contribution in [0.4, 0.5) is 5.00 Å². The minimum atomic E-state index is -0.141. The molecule has 1 aromatic carbocycles. The first-order valence-corrected chi connectivity index (χ1v) is 13.6. The molecule has 1 heterocycles. The minimum Gasteiger partial charge on any atom is -0.349 e. The molecule has 0 saturated heterocycles. The molecule has 0 radical (unpaired) electrons. The van der Waals surface area contributed by atoms with Crippen LogP contribution in [0.2, 0.25) is 0 Å². The van der Waals surface area contributed by atoms with Crippen LogP contribution in [0.3, 0.4) is 0 Å². The number of thiophene rings is 1. The molecule has 0 aliphatic heterocycles. The average molecular weight is 463 g/mol. The molecule has 2 aromatic rings. The third-order valence-electron chi connectivity index (χ3n) is 9.01. The maximum Gasteiger partial charge on any atom is 0.256 e. The number of amides is 2. The summed E-state index contributed by atoms with van der Waals surface area (Å²) in [6.45, 7) is 2.24. The van der Waals surface area contributed by atoms with E-state index in [9.17, 15) is 9.59 Å². The van der Waals surface area contributed by atoms with Gasteiger partial charge in [-0.1, -0.05) is 18.2 Å². The lowest BCUT2D eigenvalue weighted by atomic mass is 9.48. The van der Waals surface area contributed by atoms with Gasteiger partial charge < -0.3 is 10.6 Å². The number of aryl methyl sites for hydroxylation is 1. The number of benzene rings is 1. The summed E-state index contributed by atoms with van der Waals surface area (Å²) < 4.78 is 0. The molecule has 2 amide bonds. The molecule has 4 nitrogen and oxygen atoms in total. The van der Waals surface area contributed by atoms with E-state index < -0.39 is 0 Å². The van der Waals surface area contributed by atoms with E-state index in [1.165, 1.54) is 49.0 Å². The third-order valence-corrected chi connectivity index (χ3v) is 10.2. The molecule has 5 aliphatic carbocycles. The highest BCUT2D eigenvalue weighted by Crippen LogP contribution is 2.61. The molecule has 33 heavy (non-hydrogen) atoms. The zero-order valence-corrected chi connectivity index (χ0v) is 20.3. The highest BCUT2D eigenvalue weighted by molar-refractivity contribution is 7.17. The number of nitrogens with one attached hydrogen (secondary N) is 2. The quantitative estimate of drug-likeness (QED) is 0.555. The Morgan fingerprint density at radius 2 is 1.58 bits per heavy atom. The van der Waals surface area contributed by atoms with Crippen molar-refractivity contribution in [3.05, 3.63) is 51.9 Å². The summed E-state index contributed by atoms with van der Waals surface area (Å²) in [5.41, 5.74) is 2.80. The molecular formula is C28H34N2O2S. The molecule has 4 fully saturated rings. The van der Waals surface area contributed by atoms with Gasteiger partial charge in [0.2, 0.25) is 0 Å². The Bertz CT molecular complexity index is 1040. The topological polar surface area (TPSA) is 58.2 Å². The largest absolute Gasteiger partial charge is 0.349 e. The maximum atomic E-state index is 13.8. The minimum absolute atomic E-state index is 0.0148. The fourth-order valence-electron chi connectivity index (χ4n) is 7.79. The summed E-state index contributed by atoms with van der Waals surface area (Å²) in [5.74, 6) is 2.47. The number of hydrogen-bond acceptors (Lipinski definition) is 3. The van der Waals surface area contributed by atoms with Gasteiger partial charge in [0.25, 0.3) is 11.8 Å². The van der Waals surface area contributed by atoms with Gasteiger partial charge in [-0.2, -0.15) is 0 Å². The van der Waals surface area contributed by atoms with Crippen LogP contribution in [0.15, 0.2) is 30.3 Å². The van der Waals surface area contributed by atoms with Crippen molar-refractivity contribution in [3.63, 3.8) is 0 Å². The Hall–Kier alpha value is -2.14. The summed E-state index contributed by atoms with van der Waals surface area (Å²) in [7, 11) is 0. The first kappa shape index (κ1) is 21.4. The number of fused-ring (bicyclic) bond motifs is 1. The predicted molar refractivity (Wildman–Crippen MR) is 133 cm³/mol. The summed E-state index contributed by atoms with van der Waals surface area (Å²) in [4.78, 5) is 28.0. The zero-order valence-electron chi connectivity index (χ0n) is 19.5. The first-order chi connectivity index (χ1) is 16.0. The standard InChI is InChI=1S/C28H34N2O2S/c1-17(28-14-18-11-19(15-28)13-20(12-18)16-28)29-26(32)24-22-9-5-6-10-23(22)33-27(24)30-25(31)21-7-3-2-4-8-21/h2-4,7-8,17-20H,5-6,9-16H2,1H3,(H,29,32)(H,30,31)/t17-,18?,19?,20?,28?/m0/s1. The van der Waals surface area contributed by atoms with Crippen LogP contribution in [-0.4, -0.2) is 17.9 Å². The smallest absolute Gasteiger partial charge is 0.256 e. The molecule has 174 valence electrons. The second-order valence-corrected chi connectivity index (χ2v) is 12.3. The molecule has 5 heteroatoms. The second-order valence-electron chi connectivity index (χ2n) is 11.2. The highest BCUT2D eigenvalue weighted by atomic mass is 32.1. The zero-order chi connectivity index (χ0) is 22.6. The molecule has 0 spiro atoms. The predicted octanol–water partition coefficient (Wildman–Crippen LogP) is 6.21. The van der Waals surface area contributed by atoms with Crippen molar-refractivity contribution in [3.8, 4) is 0 Å². The maximum absolute atomic E-state index is 13.8. The van der Waals surface area contributed by atoms with Gasteiger partial charge in [-0.05, 0) is 112 Å². The Morgan fingerprint density at radius 3 is 2.24 bits per heavy atom. The molecule has 1 aromatic heterocycles. The Balaban J connectivity index is 1.26. The molecule has 5 aliphatic rings. The van der Waals surface area contributed by atoms with E-state index in [0.717, 1.165) is 54.0 Å². The Labute approximate surface area is 200 Å². The van der Waals surface area contributed by atoms with Gasteiger partial charge in [0.05, 0.1) is 5.56 Å². The van der Waals surface area contributed by atoms with E-state index in [1.807, 2.05) is 30.3 Å². The summed E-state index contributed by atoms with van der Waals surface area (Å²) in [6, 6.07) is 9.46. The van der Waals surface area contributed by atoms with Crippen molar-refractivity contribution in [2.75, 3.05) is 5.32 Å². The van der Waals surface area contributed by atoms with Crippen molar-refractivity contribution in [1.82, 2.24) is 5.32 Å². The highest BCUT2D eigenvalue weighted by Gasteiger charge is 2.53. The van der Waals surface area contributed by atoms with Crippen LogP contribution in [0.25, 0.3) is 0 Å². The van der Waals surface area contributed by atoms with Crippen molar-refractivity contribution in [2.24, 2.45) is 23.2 Å². The van der Waals surface area contributed by atoms with Gasteiger partial charge in [0, 0.05) is 16.5 Å². The Kier molecular flexibility index (Phi) is 5.36. The summed E-state index contributed by atoms with van der Waals surface area (Å²) >= 11 is 1.61. The van der Waals surface area contributed by atoms with E-state index in [-0.39, 0.29) is 23.3 Å². The normalized spacial score (nSPS) is 30.5. The molecule has 2 N–H and O–H groups in total. The van der Waals surface area contributed by atoms with Gasteiger partial charge in [-0.15, -0.1) is 11.3 Å². The molecule has 4 bridgehead atoms. The van der Waals surface area contributed by atoms with E-state index in [0.29, 0.717) is 5.56 Å². The van der Waals surface area contributed by atoms with Crippen LogP contribution in [0, 0.1) is 23.2 Å². The number of rotatable bonds is 5. The summed E-state index contributed by atoms with van der Waals surface area (Å²) in [5, 5.41) is 7.28. The lowest BCUT2D eigenvalue weighted by molar-refractivity contribution is -0.0688. The lowest BCUT2D eigenvalue weighted by Crippen LogP contribution is -2.55. The van der Waals surface area contributed by atoms with E-state index in [2.05, 4.69) is 17.6 Å². The molecule has 4 saturated carbocycles. The van der Waals surface area contributed by atoms with E-state index >= 15 is 0 Å². The third kappa shape index (κ3) is 3.82. The molecule has 0 unspecified atom stereocenters. The number of anilines is 1. The van der Waals surface area contributed by atoms with Crippen molar-refractivity contribution < 1.29 is 9.59 Å². The monoisotopic (exact) mass is 462 g/mol. The van der Waals surface area contributed by atoms with Crippen molar-refractivity contribution in [2.45, 2.75) is 77.2 Å². The lowest BCUT2D eigenvalue weighted by Gasteiger charge is -2.59. The van der Waals surface area contributed by atoms with Crippen LogP contribution in [-0.2, 0) is 12.8 Å². The fraction of sp³-hybridized carbons (Fsp3) is 0.571. The van der Waals surface area contributed by atoms with E-state index in [1.54, 1.807) is 11.3 Å². The summed E-state index contributed by atoms with van der Waals surface area (Å²) in [6.07, 6.45) is 12.3. The number of carbonyl (C=O) groups excluding carboxylic acids is 2. The van der Waals surface area contributed by atoms with Gasteiger partial charge in [0.1, 0.15) is 5.00 Å². The molecular weight excluding hydrogens is 428 g/mol. The Morgan fingerprint density at radius 1 is 0.939 bits per heavy atom. The van der Waals surface area contributed by atoms with Crippen molar-refractivity contribution >= 4 is 28.2 Å². The van der Waals surface area contributed by atoms with E-state index in [4.69, 9.17) is 0 Å². The molecule has 7 rings (SSSR count). The van der Waals surface area contributed by atoms with Gasteiger partial charge in [0.15, 0.2) is 0 Å². The van der Waals surface area contributed by atoms with Crippen LogP contribution < -0.4 is 10.6 Å². The first-order valence-electron chi connectivity index (χ1n) is 12.8. The number of carbonyl (C=O) groups is 2. The van der Waals surface area contributed by atoms with Gasteiger partial charge >= 0.3 is 0 Å². The molecule has 1 atom stereocenters. The van der Waals surface area contributed by atoms with Gasteiger partial charge in [-0.3, -0.25) is 9.59 Å². The number of hydrogen-bond donors (Lipinski definition) is 2. The SMILES string of the molecule is C[C@H](NC(=O)c1c(NC(=O)c2ccccc2)sc2c1CCCC2)C12CC3CC(CC(C3)C1)C2. The average Bonchev–Trinajstić information content (AvgIpc) is 3.16. The van der Waals surface area contributed by atoms with Crippen LogP contribution in [0.5, 0.6) is 0 Å². The van der Waals surface area contributed by atoms with Crippen LogP contribution >= 0.6 is 11.3 Å². The second kappa shape index (κ2) is 8.26. The van der Waals surface area contributed by atoms with Gasteiger partial charge in [-0.25, -0.2) is 0 Å². The van der Waals surface area contributed by atoms with Crippen LogP contribution in [0.1, 0.15) is 89.4 Å². The fourth-order valence-corrected chi connectivity index (χ4v) is 9.07. The van der Waals surface area contributed by atoms with Crippen molar-refractivity contribution in [1.29, 1.82) is 0 Å².